The van der Waals surface area contributed by atoms with Crippen molar-refractivity contribution in [2.24, 2.45) is 11.8 Å². The van der Waals surface area contributed by atoms with Crippen LogP contribution in [0.15, 0.2) is 30.3 Å². The zero-order valence-electron chi connectivity index (χ0n) is 16.1. The Labute approximate surface area is 157 Å². The van der Waals surface area contributed by atoms with Crippen LogP contribution in [0.4, 0.5) is 0 Å². The number of amides is 2. The average Bonchev–Trinajstić information content (AvgIpc) is 3.49. The summed E-state index contributed by atoms with van der Waals surface area (Å²) in [4.78, 5) is 27.1. The summed E-state index contributed by atoms with van der Waals surface area (Å²) in [6.45, 7) is 5.74. The number of piperidine rings is 1. The summed E-state index contributed by atoms with van der Waals surface area (Å²) in [7, 11) is 0. The minimum atomic E-state index is -0.0540. The first-order valence-electron chi connectivity index (χ1n) is 10.2. The van der Waals surface area contributed by atoms with Gasteiger partial charge in [-0.2, -0.15) is 0 Å². The standard InChI is InChI=1S/C22H32N2O2/c1-3-20(18-7-5-4-6-8-18)22(26)24-13-11-19(12-14-24)23-21(25)15-16(2)17-9-10-17/h4-8,16-17,19-20H,3,9-15H2,1-2H3,(H,23,25)/t16-,20+/m1/s1. The zero-order valence-corrected chi connectivity index (χ0v) is 16.1. The van der Waals surface area contributed by atoms with Crippen molar-refractivity contribution < 1.29 is 9.59 Å². The molecule has 2 fully saturated rings. The minimum absolute atomic E-state index is 0.0540. The second-order valence-electron chi connectivity index (χ2n) is 8.06. The summed E-state index contributed by atoms with van der Waals surface area (Å²) in [5.41, 5.74) is 1.10. The normalized spacial score (nSPS) is 20.5. The molecule has 4 nitrogen and oxygen atoms in total. The van der Waals surface area contributed by atoms with Gasteiger partial charge in [-0.05, 0) is 49.5 Å². The number of hydrogen-bond acceptors (Lipinski definition) is 2. The van der Waals surface area contributed by atoms with Crippen molar-refractivity contribution in [3.8, 4) is 0 Å². The number of carbonyl (C=O) groups excluding carboxylic acids is 2. The van der Waals surface area contributed by atoms with Crippen LogP contribution in [0, 0.1) is 11.8 Å². The fourth-order valence-electron chi connectivity index (χ4n) is 4.11. The summed E-state index contributed by atoms with van der Waals surface area (Å²) < 4.78 is 0. The smallest absolute Gasteiger partial charge is 0.230 e. The SMILES string of the molecule is CC[C@H](C(=O)N1CCC(NC(=O)C[C@@H](C)C2CC2)CC1)c1ccccc1. The Morgan fingerprint density at radius 1 is 1.12 bits per heavy atom. The number of carbonyl (C=O) groups is 2. The molecule has 3 rings (SSSR count). The second kappa shape index (κ2) is 8.70. The number of hydrogen-bond donors (Lipinski definition) is 1. The highest BCUT2D eigenvalue weighted by molar-refractivity contribution is 5.84. The van der Waals surface area contributed by atoms with E-state index in [1.165, 1.54) is 12.8 Å². The third-order valence-electron chi connectivity index (χ3n) is 6.01. The van der Waals surface area contributed by atoms with Crippen LogP contribution in [-0.4, -0.2) is 35.8 Å². The molecule has 1 aliphatic heterocycles. The van der Waals surface area contributed by atoms with E-state index in [-0.39, 0.29) is 23.8 Å². The van der Waals surface area contributed by atoms with Crippen molar-refractivity contribution in [3.05, 3.63) is 35.9 Å². The summed E-state index contributed by atoms with van der Waals surface area (Å²) >= 11 is 0. The van der Waals surface area contributed by atoms with Crippen LogP contribution in [0.3, 0.4) is 0 Å². The fourth-order valence-corrected chi connectivity index (χ4v) is 4.11. The highest BCUT2D eigenvalue weighted by atomic mass is 16.2. The van der Waals surface area contributed by atoms with Crippen LogP contribution in [0.1, 0.15) is 63.9 Å². The first kappa shape index (κ1) is 18.9. The van der Waals surface area contributed by atoms with E-state index >= 15 is 0 Å². The van der Waals surface area contributed by atoms with Gasteiger partial charge in [0.1, 0.15) is 0 Å². The van der Waals surface area contributed by atoms with Gasteiger partial charge in [-0.3, -0.25) is 9.59 Å². The van der Waals surface area contributed by atoms with Gasteiger partial charge in [0.2, 0.25) is 11.8 Å². The first-order valence-corrected chi connectivity index (χ1v) is 10.2. The Morgan fingerprint density at radius 2 is 1.77 bits per heavy atom. The van der Waals surface area contributed by atoms with Crippen molar-refractivity contribution >= 4 is 11.8 Å². The maximum absolute atomic E-state index is 12.9. The molecule has 1 heterocycles. The van der Waals surface area contributed by atoms with Gasteiger partial charge in [0, 0.05) is 25.6 Å². The van der Waals surface area contributed by atoms with Crippen LogP contribution in [0.25, 0.3) is 0 Å². The number of nitrogens with one attached hydrogen (secondary N) is 1. The van der Waals surface area contributed by atoms with Crippen molar-refractivity contribution in [1.82, 2.24) is 10.2 Å². The summed E-state index contributed by atoms with van der Waals surface area (Å²) in [6.07, 6.45) is 5.76. The molecule has 1 aliphatic carbocycles. The van der Waals surface area contributed by atoms with Gasteiger partial charge in [-0.1, -0.05) is 44.2 Å². The molecule has 0 bridgehead atoms. The van der Waals surface area contributed by atoms with Crippen LogP contribution < -0.4 is 5.32 Å². The summed E-state index contributed by atoms with van der Waals surface area (Å²) in [6, 6.07) is 10.3. The lowest BCUT2D eigenvalue weighted by molar-refractivity contribution is -0.134. The molecule has 0 radical (unpaired) electrons. The van der Waals surface area contributed by atoms with Crippen molar-refractivity contribution in [2.75, 3.05) is 13.1 Å². The van der Waals surface area contributed by atoms with Gasteiger partial charge in [-0.15, -0.1) is 0 Å². The molecule has 2 atom stereocenters. The molecule has 1 aromatic rings. The van der Waals surface area contributed by atoms with Crippen LogP contribution >= 0.6 is 0 Å². The van der Waals surface area contributed by atoms with Gasteiger partial charge in [-0.25, -0.2) is 0 Å². The maximum Gasteiger partial charge on any atom is 0.230 e. The fraction of sp³-hybridized carbons (Fsp3) is 0.636. The predicted molar refractivity (Wildman–Crippen MR) is 104 cm³/mol. The molecule has 1 saturated carbocycles. The van der Waals surface area contributed by atoms with Gasteiger partial charge in [0.05, 0.1) is 5.92 Å². The summed E-state index contributed by atoms with van der Waals surface area (Å²) in [5, 5.41) is 3.19. The largest absolute Gasteiger partial charge is 0.353 e. The van der Waals surface area contributed by atoms with E-state index in [9.17, 15) is 9.59 Å². The van der Waals surface area contributed by atoms with E-state index in [1.54, 1.807) is 0 Å². The van der Waals surface area contributed by atoms with Crippen molar-refractivity contribution in [2.45, 2.75) is 64.3 Å². The van der Waals surface area contributed by atoms with Crippen molar-refractivity contribution in [1.29, 1.82) is 0 Å². The highest BCUT2D eigenvalue weighted by Gasteiger charge is 2.31. The first-order chi connectivity index (χ1) is 12.6. The lowest BCUT2D eigenvalue weighted by Gasteiger charge is -2.34. The molecule has 1 N–H and O–H groups in total. The molecule has 1 aromatic carbocycles. The Bertz CT molecular complexity index is 604. The van der Waals surface area contributed by atoms with Crippen LogP contribution in [-0.2, 0) is 9.59 Å². The second-order valence-corrected chi connectivity index (χ2v) is 8.06. The van der Waals surface area contributed by atoms with E-state index in [0.717, 1.165) is 43.8 Å². The number of benzene rings is 1. The highest BCUT2D eigenvalue weighted by Crippen LogP contribution is 2.38. The van der Waals surface area contributed by atoms with Gasteiger partial charge in [0.25, 0.3) is 0 Å². The Balaban J connectivity index is 1.46. The number of rotatable bonds is 7. The molecular weight excluding hydrogens is 324 g/mol. The van der Waals surface area contributed by atoms with Gasteiger partial charge >= 0.3 is 0 Å². The molecule has 2 amide bonds. The molecule has 0 spiro atoms. The van der Waals surface area contributed by atoms with Gasteiger partial charge < -0.3 is 10.2 Å². The van der Waals surface area contributed by atoms with E-state index in [0.29, 0.717) is 12.3 Å². The molecule has 0 aromatic heterocycles. The third kappa shape index (κ3) is 4.87. The zero-order chi connectivity index (χ0) is 18.5. The molecule has 1 saturated heterocycles. The Kier molecular flexibility index (Phi) is 6.33. The quantitative estimate of drug-likeness (QED) is 0.809. The minimum Gasteiger partial charge on any atom is -0.353 e. The number of nitrogens with zero attached hydrogens (tertiary/aromatic N) is 1. The van der Waals surface area contributed by atoms with E-state index in [2.05, 4.69) is 19.2 Å². The molecule has 142 valence electrons. The Morgan fingerprint density at radius 3 is 2.35 bits per heavy atom. The lowest BCUT2D eigenvalue weighted by Crippen LogP contribution is -2.47. The van der Waals surface area contributed by atoms with Crippen molar-refractivity contribution in [3.63, 3.8) is 0 Å². The molecular formula is C22H32N2O2. The van der Waals surface area contributed by atoms with E-state index < -0.39 is 0 Å². The van der Waals surface area contributed by atoms with E-state index in [1.807, 2.05) is 35.2 Å². The predicted octanol–water partition coefficient (Wildman–Crippen LogP) is 3.72. The molecule has 0 unspecified atom stereocenters. The molecule has 2 aliphatic rings. The average molecular weight is 357 g/mol. The van der Waals surface area contributed by atoms with Crippen LogP contribution in [0.5, 0.6) is 0 Å². The monoisotopic (exact) mass is 356 g/mol. The topological polar surface area (TPSA) is 49.4 Å². The van der Waals surface area contributed by atoms with Crippen LogP contribution in [0.2, 0.25) is 0 Å². The molecule has 26 heavy (non-hydrogen) atoms. The third-order valence-corrected chi connectivity index (χ3v) is 6.01. The Hall–Kier alpha value is -1.84. The maximum atomic E-state index is 12.9. The van der Waals surface area contributed by atoms with E-state index in [4.69, 9.17) is 0 Å². The van der Waals surface area contributed by atoms with Gasteiger partial charge in [0.15, 0.2) is 0 Å². The summed E-state index contributed by atoms with van der Waals surface area (Å²) in [5.74, 6) is 1.63. The molecule has 4 heteroatoms. The lowest BCUT2D eigenvalue weighted by atomic mass is 9.93. The number of likely N-dealkylation sites (tertiary alicyclic amines) is 1.